The van der Waals surface area contributed by atoms with Crippen molar-refractivity contribution < 1.29 is 16.8 Å². The van der Waals surface area contributed by atoms with E-state index < -0.39 is 20.0 Å². The average molecular weight is 528 g/mol. The standard InChI is InChI=1S/C25H22ClN3O4S2/c1-17-7-8-19(15-22(17)25-21-6-3-2-5-18(21)11-12-27-25)28-35(32,33)24-10-9-20(16-23(24)26)29-13-4-14-34(29,30)31/h2-3,5-12,15-16,28H,4,13-14H2,1H3. The molecule has 1 fully saturated rings. The molecule has 2 heterocycles. The lowest BCUT2D eigenvalue weighted by atomic mass is 10.00. The summed E-state index contributed by atoms with van der Waals surface area (Å²) in [7, 11) is -7.44. The van der Waals surface area contributed by atoms with Gasteiger partial charge in [0.15, 0.2) is 0 Å². The molecule has 0 radical (unpaired) electrons. The number of halogens is 1. The van der Waals surface area contributed by atoms with Crippen molar-refractivity contribution in [3.8, 4) is 11.3 Å². The fraction of sp³-hybridized carbons (Fsp3) is 0.160. The summed E-state index contributed by atoms with van der Waals surface area (Å²) in [5.74, 6) is 0.0630. The van der Waals surface area contributed by atoms with Crippen molar-refractivity contribution in [1.29, 1.82) is 0 Å². The van der Waals surface area contributed by atoms with Crippen LogP contribution in [0.1, 0.15) is 12.0 Å². The molecule has 0 spiro atoms. The number of nitrogens with one attached hydrogen (secondary N) is 1. The first kappa shape index (κ1) is 23.6. The first-order chi connectivity index (χ1) is 16.7. The third kappa shape index (κ3) is 4.47. The molecule has 0 bridgehead atoms. The van der Waals surface area contributed by atoms with Crippen LogP contribution in [0.2, 0.25) is 5.02 Å². The Morgan fingerprint density at radius 2 is 1.83 bits per heavy atom. The summed E-state index contributed by atoms with van der Waals surface area (Å²) in [4.78, 5) is 4.42. The zero-order valence-electron chi connectivity index (χ0n) is 18.8. The molecular formula is C25H22ClN3O4S2. The van der Waals surface area contributed by atoms with E-state index in [1.807, 2.05) is 43.3 Å². The molecule has 5 rings (SSSR count). The number of nitrogens with zero attached hydrogens (tertiary/aromatic N) is 2. The van der Waals surface area contributed by atoms with E-state index in [-0.39, 0.29) is 15.7 Å². The number of fused-ring (bicyclic) bond motifs is 1. The maximum absolute atomic E-state index is 13.2. The Bertz CT molecular complexity index is 1670. The second-order valence-electron chi connectivity index (χ2n) is 8.37. The largest absolute Gasteiger partial charge is 0.280 e. The molecule has 0 aliphatic carbocycles. The number of hydrogen-bond acceptors (Lipinski definition) is 5. The van der Waals surface area contributed by atoms with Crippen molar-refractivity contribution in [2.75, 3.05) is 21.3 Å². The van der Waals surface area contributed by atoms with Gasteiger partial charge in [-0.05, 0) is 60.7 Å². The summed E-state index contributed by atoms with van der Waals surface area (Å²) >= 11 is 6.32. The van der Waals surface area contributed by atoms with Crippen LogP contribution in [0.25, 0.3) is 22.0 Å². The first-order valence-corrected chi connectivity index (χ1v) is 14.4. The number of anilines is 2. The van der Waals surface area contributed by atoms with Gasteiger partial charge < -0.3 is 0 Å². The topological polar surface area (TPSA) is 96.4 Å². The Labute approximate surface area is 209 Å². The molecule has 0 atom stereocenters. The molecule has 0 saturated carbocycles. The lowest BCUT2D eigenvalue weighted by molar-refractivity contribution is 0.599. The molecule has 1 saturated heterocycles. The van der Waals surface area contributed by atoms with Gasteiger partial charge >= 0.3 is 0 Å². The maximum Gasteiger partial charge on any atom is 0.263 e. The van der Waals surface area contributed by atoms with Crippen molar-refractivity contribution in [3.63, 3.8) is 0 Å². The van der Waals surface area contributed by atoms with Gasteiger partial charge in [0, 0.05) is 29.4 Å². The van der Waals surface area contributed by atoms with E-state index in [4.69, 9.17) is 11.6 Å². The van der Waals surface area contributed by atoms with Crippen LogP contribution >= 0.6 is 11.6 Å². The second kappa shape index (κ2) is 8.82. The Morgan fingerprint density at radius 1 is 1.03 bits per heavy atom. The minimum absolute atomic E-state index is 0.0554. The van der Waals surface area contributed by atoms with E-state index in [1.165, 1.54) is 22.5 Å². The van der Waals surface area contributed by atoms with Gasteiger partial charge in [-0.1, -0.05) is 41.9 Å². The SMILES string of the molecule is Cc1ccc(NS(=O)(=O)c2ccc(N3CCCS3(=O)=O)cc2Cl)cc1-c1nccc2ccccc12. The summed E-state index contributed by atoms with van der Waals surface area (Å²) in [5, 5.41) is 1.95. The Morgan fingerprint density at radius 3 is 2.57 bits per heavy atom. The Hall–Kier alpha value is -3.14. The smallest absolute Gasteiger partial charge is 0.263 e. The summed E-state index contributed by atoms with van der Waals surface area (Å²) in [6.45, 7) is 2.29. The minimum Gasteiger partial charge on any atom is -0.280 e. The first-order valence-electron chi connectivity index (χ1n) is 10.9. The molecule has 10 heteroatoms. The van der Waals surface area contributed by atoms with Crippen molar-refractivity contribution in [2.45, 2.75) is 18.2 Å². The van der Waals surface area contributed by atoms with E-state index in [0.717, 1.165) is 27.6 Å². The molecule has 35 heavy (non-hydrogen) atoms. The number of pyridine rings is 1. The van der Waals surface area contributed by atoms with E-state index in [9.17, 15) is 16.8 Å². The molecule has 1 aliphatic heterocycles. The third-order valence-corrected chi connectivity index (χ3v) is 9.74. The fourth-order valence-electron chi connectivity index (χ4n) is 4.28. The monoisotopic (exact) mass is 527 g/mol. The summed E-state index contributed by atoms with van der Waals surface area (Å²) < 4.78 is 54.6. The molecule has 1 aromatic heterocycles. The molecule has 4 aromatic rings. The van der Waals surface area contributed by atoms with Gasteiger partial charge in [-0.15, -0.1) is 0 Å². The van der Waals surface area contributed by atoms with Gasteiger partial charge in [0.2, 0.25) is 10.0 Å². The van der Waals surface area contributed by atoms with Gasteiger partial charge in [0.1, 0.15) is 4.90 Å². The lowest BCUT2D eigenvalue weighted by Gasteiger charge is -2.18. The van der Waals surface area contributed by atoms with Crippen molar-refractivity contribution in [1.82, 2.24) is 4.98 Å². The van der Waals surface area contributed by atoms with Crippen LogP contribution < -0.4 is 9.03 Å². The maximum atomic E-state index is 13.2. The van der Waals surface area contributed by atoms with Crippen LogP contribution in [-0.2, 0) is 20.0 Å². The Kier molecular flexibility index (Phi) is 5.94. The zero-order valence-corrected chi connectivity index (χ0v) is 21.2. The number of aromatic nitrogens is 1. The predicted octanol–water partition coefficient (Wildman–Crippen LogP) is 5.20. The van der Waals surface area contributed by atoms with Crippen molar-refractivity contribution in [2.24, 2.45) is 0 Å². The van der Waals surface area contributed by atoms with E-state index in [0.29, 0.717) is 24.3 Å². The van der Waals surface area contributed by atoms with Gasteiger partial charge in [0.25, 0.3) is 10.0 Å². The minimum atomic E-state index is -4.04. The highest BCUT2D eigenvalue weighted by Crippen LogP contribution is 2.34. The predicted molar refractivity (Wildman–Crippen MR) is 140 cm³/mol. The van der Waals surface area contributed by atoms with Gasteiger partial charge in [-0.3, -0.25) is 14.0 Å². The fourth-order valence-corrected chi connectivity index (χ4v) is 7.42. The normalized spacial score (nSPS) is 15.4. The lowest BCUT2D eigenvalue weighted by Crippen LogP contribution is -2.25. The highest BCUT2D eigenvalue weighted by atomic mass is 35.5. The van der Waals surface area contributed by atoms with Crippen molar-refractivity contribution >= 4 is 53.8 Å². The van der Waals surface area contributed by atoms with Crippen LogP contribution in [0.5, 0.6) is 0 Å². The highest BCUT2D eigenvalue weighted by molar-refractivity contribution is 7.93. The van der Waals surface area contributed by atoms with Crippen molar-refractivity contribution in [3.05, 3.63) is 83.5 Å². The molecular weight excluding hydrogens is 506 g/mol. The zero-order chi connectivity index (χ0) is 24.8. The van der Waals surface area contributed by atoms with Crippen LogP contribution in [0.3, 0.4) is 0 Å². The number of rotatable bonds is 5. The highest BCUT2D eigenvalue weighted by Gasteiger charge is 2.29. The number of sulfonamides is 2. The van der Waals surface area contributed by atoms with Crippen LogP contribution in [0.15, 0.2) is 77.8 Å². The molecule has 180 valence electrons. The number of aryl methyl sites for hydroxylation is 1. The van der Waals surface area contributed by atoms with Crippen LogP contribution in [0.4, 0.5) is 11.4 Å². The third-order valence-electron chi connectivity index (χ3n) is 6.01. The van der Waals surface area contributed by atoms with Crippen LogP contribution in [0, 0.1) is 6.92 Å². The summed E-state index contributed by atoms with van der Waals surface area (Å²) in [6, 6.07) is 19.2. The number of benzene rings is 3. The van der Waals surface area contributed by atoms with Gasteiger partial charge in [-0.25, -0.2) is 16.8 Å². The molecule has 1 aliphatic rings. The molecule has 1 N–H and O–H groups in total. The molecule has 0 unspecified atom stereocenters. The Balaban J connectivity index is 1.49. The number of hydrogen-bond donors (Lipinski definition) is 1. The molecule has 0 amide bonds. The van der Waals surface area contributed by atoms with Crippen LogP contribution in [-0.4, -0.2) is 34.1 Å². The van der Waals surface area contributed by atoms with E-state index in [2.05, 4.69) is 9.71 Å². The van der Waals surface area contributed by atoms with Gasteiger partial charge in [-0.2, -0.15) is 0 Å². The molecule has 7 nitrogen and oxygen atoms in total. The average Bonchev–Trinajstić information content (AvgIpc) is 3.18. The molecule has 3 aromatic carbocycles. The summed E-state index contributed by atoms with van der Waals surface area (Å²) in [6.07, 6.45) is 2.25. The second-order valence-corrected chi connectivity index (χ2v) is 12.4. The van der Waals surface area contributed by atoms with Gasteiger partial charge in [0.05, 0.1) is 22.2 Å². The van der Waals surface area contributed by atoms with E-state index >= 15 is 0 Å². The van der Waals surface area contributed by atoms with E-state index in [1.54, 1.807) is 18.3 Å². The summed E-state index contributed by atoms with van der Waals surface area (Å²) in [5.41, 5.74) is 3.23. The quantitative estimate of drug-likeness (QED) is 0.384.